The highest BCUT2D eigenvalue weighted by atomic mass is 16.6. The first-order valence-electron chi connectivity index (χ1n) is 6.78. The van der Waals surface area contributed by atoms with Gasteiger partial charge in [0.05, 0.1) is 11.6 Å². The van der Waals surface area contributed by atoms with Gasteiger partial charge in [-0.25, -0.2) is 4.79 Å². The number of carbonyl (C=O) groups excluding carboxylic acids is 1. The van der Waals surface area contributed by atoms with Gasteiger partial charge < -0.3 is 20.9 Å². The molecule has 1 atom stereocenters. The first-order valence-corrected chi connectivity index (χ1v) is 6.78. The van der Waals surface area contributed by atoms with Crippen LogP contribution in [0.25, 0.3) is 0 Å². The largest absolute Gasteiger partial charge is 0.508 e. The minimum Gasteiger partial charge on any atom is -0.508 e. The van der Waals surface area contributed by atoms with Crippen molar-refractivity contribution in [1.82, 2.24) is 5.32 Å². The van der Waals surface area contributed by atoms with Gasteiger partial charge in [0, 0.05) is 5.56 Å². The van der Waals surface area contributed by atoms with Crippen LogP contribution in [0.15, 0.2) is 24.3 Å². The number of ether oxygens (including phenoxy) is 1. The van der Waals surface area contributed by atoms with Crippen LogP contribution in [0.5, 0.6) is 5.75 Å². The Morgan fingerprint density at radius 1 is 1.40 bits per heavy atom. The second-order valence-corrected chi connectivity index (χ2v) is 6.32. The van der Waals surface area contributed by atoms with Crippen molar-refractivity contribution in [1.29, 1.82) is 0 Å². The molecule has 0 bridgehead atoms. The number of para-hydroxylation sites is 1. The summed E-state index contributed by atoms with van der Waals surface area (Å²) in [5.74, 6) is 0.150. The summed E-state index contributed by atoms with van der Waals surface area (Å²) in [6.45, 7) is 5.44. The Morgan fingerprint density at radius 2 is 2.00 bits per heavy atom. The average Bonchev–Trinajstić information content (AvgIpc) is 3.07. The number of hydrogen-bond donors (Lipinski definition) is 3. The standard InChI is InChI=1S/C15H22N2O3/c1-14(2,3)20-13(19)17-15(8-9-15)12(16)10-6-4-5-7-11(10)18/h4-7,12,18H,8-9,16H2,1-3H3,(H,17,19). The van der Waals surface area contributed by atoms with E-state index in [1.165, 1.54) is 0 Å². The fraction of sp³-hybridized carbons (Fsp3) is 0.533. The van der Waals surface area contributed by atoms with E-state index in [2.05, 4.69) is 5.32 Å². The van der Waals surface area contributed by atoms with Gasteiger partial charge in [0.1, 0.15) is 11.4 Å². The molecule has 0 spiro atoms. The molecule has 2 rings (SSSR count). The van der Waals surface area contributed by atoms with Gasteiger partial charge in [-0.05, 0) is 39.7 Å². The molecule has 4 N–H and O–H groups in total. The number of nitrogens with one attached hydrogen (secondary N) is 1. The van der Waals surface area contributed by atoms with Crippen LogP contribution in [0.1, 0.15) is 45.2 Å². The summed E-state index contributed by atoms with van der Waals surface area (Å²) in [5.41, 5.74) is 5.80. The van der Waals surface area contributed by atoms with Crippen LogP contribution >= 0.6 is 0 Å². The first kappa shape index (κ1) is 14.7. The van der Waals surface area contributed by atoms with Crippen molar-refractivity contribution < 1.29 is 14.6 Å². The number of rotatable bonds is 3. The number of aromatic hydroxyl groups is 1. The Kier molecular flexibility index (Phi) is 3.65. The van der Waals surface area contributed by atoms with Gasteiger partial charge in [0.2, 0.25) is 0 Å². The molecule has 1 aliphatic rings. The van der Waals surface area contributed by atoms with E-state index < -0.39 is 23.3 Å². The van der Waals surface area contributed by atoms with Crippen LogP contribution in [0, 0.1) is 0 Å². The predicted octanol–water partition coefficient (Wildman–Crippen LogP) is 2.45. The smallest absolute Gasteiger partial charge is 0.408 e. The molecular formula is C15H22N2O3. The number of phenolic OH excluding ortho intramolecular Hbond substituents is 1. The summed E-state index contributed by atoms with van der Waals surface area (Å²) >= 11 is 0. The molecule has 1 amide bonds. The summed E-state index contributed by atoms with van der Waals surface area (Å²) in [4.78, 5) is 11.9. The van der Waals surface area contributed by atoms with Crippen molar-refractivity contribution in [3.8, 4) is 5.75 Å². The highest BCUT2D eigenvalue weighted by Crippen LogP contribution is 2.46. The van der Waals surface area contributed by atoms with Crippen molar-refractivity contribution in [2.45, 2.75) is 50.8 Å². The monoisotopic (exact) mass is 278 g/mol. The minimum atomic E-state index is -0.543. The third-order valence-electron chi connectivity index (χ3n) is 3.41. The maximum Gasteiger partial charge on any atom is 0.408 e. The Hall–Kier alpha value is -1.75. The lowest BCUT2D eigenvalue weighted by atomic mass is 9.97. The van der Waals surface area contributed by atoms with Crippen molar-refractivity contribution in [2.24, 2.45) is 5.73 Å². The third kappa shape index (κ3) is 3.22. The highest BCUT2D eigenvalue weighted by Gasteiger charge is 2.51. The zero-order chi connectivity index (χ0) is 15.0. The molecular weight excluding hydrogens is 256 g/mol. The number of nitrogens with two attached hydrogens (primary N) is 1. The van der Waals surface area contributed by atoms with Crippen LogP contribution in [-0.4, -0.2) is 22.3 Å². The van der Waals surface area contributed by atoms with E-state index in [0.29, 0.717) is 5.56 Å². The summed E-state index contributed by atoms with van der Waals surface area (Å²) in [5, 5.41) is 12.7. The van der Waals surface area contributed by atoms with E-state index in [1.807, 2.05) is 26.8 Å². The summed E-state index contributed by atoms with van der Waals surface area (Å²) in [6, 6.07) is 6.48. The fourth-order valence-corrected chi connectivity index (χ4v) is 2.20. The maximum atomic E-state index is 11.9. The molecule has 0 aromatic heterocycles. The molecule has 1 unspecified atom stereocenters. The summed E-state index contributed by atoms with van der Waals surface area (Å²) in [7, 11) is 0. The quantitative estimate of drug-likeness (QED) is 0.793. The number of amides is 1. The number of benzene rings is 1. The van der Waals surface area contributed by atoms with Gasteiger partial charge >= 0.3 is 6.09 Å². The van der Waals surface area contributed by atoms with E-state index in [9.17, 15) is 9.90 Å². The average molecular weight is 278 g/mol. The zero-order valence-corrected chi connectivity index (χ0v) is 12.1. The van der Waals surface area contributed by atoms with E-state index >= 15 is 0 Å². The van der Waals surface area contributed by atoms with Gasteiger partial charge in [0.25, 0.3) is 0 Å². The molecule has 1 fully saturated rings. The van der Waals surface area contributed by atoms with E-state index in [0.717, 1.165) is 12.8 Å². The summed E-state index contributed by atoms with van der Waals surface area (Å²) in [6.07, 6.45) is 1.09. The van der Waals surface area contributed by atoms with E-state index in [1.54, 1.807) is 18.2 Å². The second kappa shape index (κ2) is 4.98. The molecule has 1 saturated carbocycles. The van der Waals surface area contributed by atoms with Crippen molar-refractivity contribution in [2.75, 3.05) is 0 Å². The molecule has 0 heterocycles. The highest BCUT2D eigenvalue weighted by molar-refractivity contribution is 5.70. The minimum absolute atomic E-state index is 0.150. The SMILES string of the molecule is CC(C)(C)OC(=O)NC1(C(N)c2ccccc2O)CC1. The van der Waals surface area contributed by atoms with E-state index in [-0.39, 0.29) is 5.75 Å². The lowest BCUT2D eigenvalue weighted by Gasteiger charge is -2.27. The zero-order valence-electron chi connectivity index (χ0n) is 12.1. The molecule has 1 aliphatic carbocycles. The van der Waals surface area contributed by atoms with Crippen LogP contribution in [0.2, 0.25) is 0 Å². The van der Waals surface area contributed by atoms with Crippen molar-refractivity contribution in [3.05, 3.63) is 29.8 Å². The Bertz CT molecular complexity index is 504. The van der Waals surface area contributed by atoms with Gasteiger partial charge in [0.15, 0.2) is 0 Å². The molecule has 20 heavy (non-hydrogen) atoms. The molecule has 5 heteroatoms. The number of carbonyl (C=O) groups is 1. The maximum absolute atomic E-state index is 11.9. The third-order valence-corrected chi connectivity index (χ3v) is 3.41. The fourth-order valence-electron chi connectivity index (χ4n) is 2.20. The van der Waals surface area contributed by atoms with Crippen LogP contribution in [-0.2, 0) is 4.74 Å². The number of alkyl carbamates (subject to hydrolysis) is 1. The molecule has 1 aromatic carbocycles. The van der Waals surface area contributed by atoms with Crippen molar-refractivity contribution >= 4 is 6.09 Å². The molecule has 0 saturated heterocycles. The Morgan fingerprint density at radius 3 is 2.50 bits per heavy atom. The van der Waals surface area contributed by atoms with Crippen LogP contribution in [0.4, 0.5) is 4.79 Å². The van der Waals surface area contributed by atoms with Gasteiger partial charge in [-0.15, -0.1) is 0 Å². The predicted molar refractivity (Wildman–Crippen MR) is 76.4 cm³/mol. The normalized spacial score (nSPS) is 18.2. The molecule has 0 aliphatic heterocycles. The Balaban J connectivity index is 2.08. The number of hydrogen-bond acceptors (Lipinski definition) is 4. The number of phenols is 1. The molecule has 1 aromatic rings. The molecule has 110 valence electrons. The lowest BCUT2D eigenvalue weighted by Crippen LogP contribution is -2.46. The molecule has 5 nitrogen and oxygen atoms in total. The van der Waals surface area contributed by atoms with Crippen LogP contribution in [0.3, 0.4) is 0 Å². The van der Waals surface area contributed by atoms with Gasteiger partial charge in [-0.2, -0.15) is 0 Å². The Labute approximate surface area is 119 Å². The topological polar surface area (TPSA) is 84.6 Å². The summed E-state index contributed by atoms with van der Waals surface area (Å²) < 4.78 is 5.26. The first-order chi connectivity index (χ1) is 9.23. The van der Waals surface area contributed by atoms with Crippen LogP contribution < -0.4 is 11.1 Å². The molecule has 0 radical (unpaired) electrons. The van der Waals surface area contributed by atoms with Gasteiger partial charge in [-0.3, -0.25) is 0 Å². The van der Waals surface area contributed by atoms with Crippen molar-refractivity contribution in [3.63, 3.8) is 0 Å². The van der Waals surface area contributed by atoms with E-state index in [4.69, 9.17) is 10.5 Å². The lowest BCUT2D eigenvalue weighted by molar-refractivity contribution is 0.0487. The second-order valence-electron chi connectivity index (χ2n) is 6.32. The van der Waals surface area contributed by atoms with Gasteiger partial charge in [-0.1, -0.05) is 18.2 Å².